The first kappa shape index (κ1) is 20.0. The normalized spacial score (nSPS) is 12.7. The standard InChI is InChI=1S/C21H36O2/c1-7-8-9-12-21(5,6)18-15-16(11-10-13-22)14-17(19(18)23)20(2,3)4/h14-15,22-23H,7-13H2,1-6H3. The molecule has 2 heteroatoms. The summed E-state index contributed by atoms with van der Waals surface area (Å²) in [5, 5.41) is 20.1. The van der Waals surface area contributed by atoms with Gasteiger partial charge in [-0.25, -0.2) is 0 Å². The molecule has 0 unspecified atom stereocenters. The zero-order valence-electron chi connectivity index (χ0n) is 16.0. The summed E-state index contributed by atoms with van der Waals surface area (Å²) < 4.78 is 0. The highest BCUT2D eigenvalue weighted by molar-refractivity contribution is 5.50. The average molecular weight is 321 g/mol. The van der Waals surface area contributed by atoms with E-state index in [0.717, 1.165) is 30.4 Å². The van der Waals surface area contributed by atoms with Gasteiger partial charge in [0.1, 0.15) is 5.75 Å². The van der Waals surface area contributed by atoms with Crippen LogP contribution in [-0.4, -0.2) is 16.8 Å². The van der Waals surface area contributed by atoms with Crippen LogP contribution in [-0.2, 0) is 17.3 Å². The average Bonchev–Trinajstić information content (AvgIpc) is 2.44. The van der Waals surface area contributed by atoms with Gasteiger partial charge in [-0.2, -0.15) is 0 Å². The Labute approximate surface area is 142 Å². The maximum Gasteiger partial charge on any atom is 0.123 e. The third-order valence-electron chi connectivity index (χ3n) is 4.74. The summed E-state index contributed by atoms with van der Waals surface area (Å²) >= 11 is 0. The quantitative estimate of drug-likeness (QED) is 0.623. The van der Waals surface area contributed by atoms with Crippen molar-refractivity contribution >= 4 is 0 Å². The largest absolute Gasteiger partial charge is 0.507 e. The number of aryl methyl sites for hydroxylation is 1. The molecule has 0 aliphatic carbocycles. The molecule has 0 atom stereocenters. The predicted octanol–water partition coefficient (Wildman–Crippen LogP) is 5.47. The summed E-state index contributed by atoms with van der Waals surface area (Å²) in [4.78, 5) is 0. The van der Waals surface area contributed by atoms with Gasteiger partial charge in [-0.3, -0.25) is 0 Å². The van der Waals surface area contributed by atoms with Crippen molar-refractivity contribution in [3.05, 3.63) is 28.8 Å². The lowest BCUT2D eigenvalue weighted by atomic mass is 9.75. The van der Waals surface area contributed by atoms with Crippen LogP contribution in [0.4, 0.5) is 0 Å². The fourth-order valence-electron chi connectivity index (χ4n) is 3.16. The summed E-state index contributed by atoms with van der Waals surface area (Å²) in [6.45, 7) is 13.3. The third kappa shape index (κ3) is 5.53. The second kappa shape index (κ2) is 8.19. The predicted molar refractivity (Wildman–Crippen MR) is 99.4 cm³/mol. The monoisotopic (exact) mass is 320 g/mol. The number of aliphatic hydroxyl groups is 1. The van der Waals surface area contributed by atoms with Crippen LogP contribution >= 0.6 is 0 Å². The summed E-state index contributed by atoms with van der Waals surface area (Å²) in [5.74, 6) is 0.465. The molecule has 1 aromatic carbocycles. The zero-order valence-corrected chi connectivity index (χ0v) is 16.0. The van der Waals surface area contributed by atoms with E-state index in [2.05, 4.69) is 53.7 Å². The first-order valence-electron chi connectivity index (χ1n) is 9.11. The first-order valence-corrected chi connectivity index (χ1v) is 9.11. The smallest absolute Gasteiger partial charge is 0.123 e. The van der Waals surface area contributed by atoms with Crippen LogP contribution in [0.5, 0.6) is 5.75 Å². The molecule has 0 fully saturated rings. The molecule has 1 aromatic rings. The minimum absolute atomic E-state index is 0.0333. The van der Waals surface area contributed by atoms with E-state index in [1.165, 1.54) is 24.8 Å². The van der Waals surface area contributed by atoms with E-state index in [0.29, 0.717) is 5.75 Å². The van der Waals surface area contributed by atoms with Gasteiger partial charge in [0.25, 0.3) is 0 Å². The lowest BCUT2D eigenvalue weighted by molar-refractivity contribution is 0.288. The van der Waals surface area contributed by atoms with E-state index < -0.39 is 0 Å². The summed E-state index contributed by atoms with van der Waals surface area (Å²) in [6.07, 6.45) is 6.35. The SMILES string of the molecule is CCCCCC(C)(C)c1cc(CCCO)cc(C(C)(C)C)c1O. The molecule has 0 aromatic heterocycles. The number of phenolic OH excluding ortho intramolecular Hbond substituents is 1. The number of aliphatic hydroxyl groups excluding tert-OH is 1. The molecule has 0 spiro atoms. The van der Waals surface area contributed by atoms with Crippen molar-refractivity contribution in [2.24, 2.45) is 0 Å². The topological polar surface area (TPSA) is 40.5 Å². The Morgan fingerprint density at radius 1 is 0.913 bits per heavy atom. The summed E-state index contributed by atoms with van der Waals surface area (Å²) in [7, 11) is 0. The summed E-state index contributed by atoms with van der Waals surface area (Å²) in [6, 6.07) is 4.28. The second-order valence-electron chi connectivity index (χ2n) is 8.46. The van der Waals surface area contributed by atoms with Crippen molar-refractivity contribution in [3.8, 4) is 5.75 Å². The van der Waals surface area contributed by atoms with E-state index in [4.69, 9.17) is 5.11 Å². The molecule has 132 valence electrons. The van der Waals surface area contributed by atoms with Gasteiger partial charge in [0.2, 0.25) is 0 Å². The van der Waals surface area contributed by atoms with Crippen molar-refractivity contribution in [2.45, 2.75) is 90.9 Å². The van der Waals surface area contributed by atoms with E-state index in [1.54, 1.807) is 0 Å². The zero-order chi connectivity index (χ0) is 17.7. The van der Waals surface area contributed by atoms with E-state index in [9.17, 15) is 5.11 Å². The highest BCUT2D eigenvalue weighted by Gasteiger charge is 2.29. The number of phenols is 1. The summed E-state index contributed by atoms with van der Waals surface area (Å²) in [5.41, 5.74) is 3.18. The fraction of sp³-hybridized carbons (Fsp3) is 0.714. The maximum absolute atomic E-state index is 10.9. The van der Waals surface area contributed by atoms with Crippen LogP contribution in [0.2, 0.25) is 0 Å². The Balaban J connectivity index is 3.27. The first-order chi connectivity index (χ1) is 10.6. The van der Waals surface area contributed by atoms with Gasteiger partial charge in [-0.05, 0) is 41.2 Å². The second-order valence-corrected chi connectivity index (χ2v) is 8.46. The molecule has 0 radical (unpaired) electrons. The van der Waals surface area contributed by atoms with E-state index in [1.807, 2.05) is 0 Å². The molecule has 0 aliphatic heterocycles. The minimum Gasteiger partial charge on any atom is -0.507 e. The van der Waals surface area contributed by atoms with Crippen LogP contribution in [0.3, 0.4) is 0 Å². The van der Waals surface area contributed by atoms with Gasteiger partial charge in [-0.15, -0.1) is 0 Å². The lowest BCUT2D eigenvalue weighted by Gasteiger charge is -2.31. The van der Waals surface area contributed by atoms with Gasteiger partial charge in [0.15, 0.2) is 0 Å². The number of hydrogen-bond acceptors (Lipinski definition) is 2. The van der Waals surface area contributed by atoms with Crippen LogP contribution in [0.25, 0.3) is 0 Å². The Morgan fingerprint density at radius 2 is 1.52 bits per heavy atom. The van der Waals surface area contributed by atoms with E-state index >= 15 is 0 Å². The molecule has 1 rings (SSSR count). The van der Waals surface area contributed by atoms with Crippen molar-refractivity contribution in [1.82, 2.24) is 0 Å². The van der Waals surface area contributed by atoms with Crippen molar-refractivity contribution in [3.63, 3.8) is 0 Å². The highest BCUT2D eigenvalue weighted by atomic mass is 16.3. The number of hydrogen-bond donors (Lipinski definition) is 2. The van der Waals surface area contributed by atoms with Gasteiger partial charge in [0, 0.05) is 12.2 Å². The Morgan fingerprint density at radius 3 is 2.04 bits per heavy atom. The number of aromatic hydroxyl groups is 1. The number of rotatable bonds is 8. The maximum atomic E-state index is 10.9. The van der Waals surface area contributed by atoms with Crippen LogP contribution < -0.4 is 0 Å². The molecule has 2 N–H and O–H groups in total. The number of unbranched alkanes of at least 4 members (excludes halogenated alkanes) is 2. The van der Waals surface area contributed by atoms with Crippen LogP contribution in [0, 0.1) is 0 Å². The molecular weight excluding hydrogens is 284 g/mol. The van der Waals surface area contributed by atoms with E-state index in [-0.39, 0.29) is 17.4 Å². The fourth-order valence-corrected chi connectivity index (χ4v) is 3.16. The molecule has 0 heterocycles. The Kier molecular flexibility index (Phi) is 7.13. The lowest BCUT2D eigenvalue weighted by Crippen LogP contribution is -2.21. The molecule has 0 bridgehead atoms. The molecule has 0 saturated heterocycles. The highest BCUT2D eigenvalue weighted by Crippen LogP contribution is 2.42. The van der Waals surface area contributed by atoms with Crippen molar-refractivity contribution in [1.29, 1.82) is 0 Å². The molecule has 23 heavy (non-hydrogen) atoms. The Bertz CT molecular complexity index is 495. The van der Waals surface area contributed by atoms with Gasteiger partial charge in [-0.1, -0.05) is 72.9 Å². The van der Waals surface area contributed by atoms with Crippen molar-refractivity contribution in [2.75, 3.05) is 6.61 Å². The molecule has 2 nitrogen and oxygen atoms in total. The van der Waals surface area contributed by atoms with Gasteiger partial charge < -0.3 is 10.2 Å². The minimum atomic E-state index is -0.0897. The molecular formula is C21H36O2. The molecule has 0 saturated carbocycles. The van der Waals surface area contributed by atoms with Crippen LogP contribution in [0.1, 0.15) is 90.3 Å². The third-order valence-corrected chi connectivity index (χ3v) is 4.74. The molecule has 0 amide bonds. The number of benzene rings is 1. The molecule has 0 aliphatic rings. The van der Waals surface area contributed by atoms with Gasteiger partial charge in [0.05, 0.1) is 0 Å². The van der Waals surface area contributed by atoms with Gasteiger partial charge >= 0.3 is 0 Å². The Hall–Kier alpha value is -1.02. The van der Waals surface area contributed by atoms with Crippen LogP contribution in [0.15, 0.2) is 12.1 Å². The van der Waals surface area contributed by atoms with Crippen molar-refractivity contribution < 1.29 is 10.2 Å².